The standard InChI is InChI=1S/C8H12O8/c9-1-2-16-8(7(14)15,3-5(10)11)4-6(12)13/h9H,1-4H2,(H,10,11)(H,12,13)(H,14,15). The highest BCUT2D eigenvalue weighted by atomic mass is 16.5. The highest BCUT2D eigenvalue weighted by Gasteiger charge is 2.44. The molecule has 0 amide bonds. The zero-order chi connectivity index (χ0) is 12.8. The fraction of sp³-hybridized carbons (Fsp3) is 0.625. The molecule has 0 unspecified atom stereocenters. The molecular weight excluding hydrogens is 224 g/mol. The fourth-order valence-corrected chi connectivity index (χ4v) is 1.11. The van der Waals surface area contributed by atoms with Crippen molar-refractivity contribution < 1.29 is 39.5 Å². The van der Waals surface area contributed by atoms with E-state index >= 15 is 0 Å². The van der Waals surface area contributed by atoms with Gasteiger partial charge in [-0.3, -0.25) is 9.59 Å². The molecule has 8 nitrogen and oxygen atoms in total. The van der Waals surface area contributed by atoms with Crippen LogP contribution >= 0.6 is 0 Å². The number of carboxylic acid groups (broad SMARTS) is 3. The minimum absolute atomic E-state index is 0.452. The van der Waals surface area contributed by atoms with Gasteiger partial charge in [-0.15, -0.1) is 0 Å². The third-order valence-electron chi connectivity index (χ3n) is 1.73. The van der Waals surface area contributed by atoms with Crippen molar-refractivity contribution in [2.24, 2.45) is 0 Å². The lowest BCUT2D eigenvalue weighted by molar-refractivity contribution is -0.179. The summed E-state index contributed by atoms with van der Waals surface area (Å²) in [4.78, 5) is 31.8. The molecule has 0 rings (SSSR count). The highest BCUT2D eigenvalue weighted by molar-refractivity contribution is 5.88. The van der Waals surface area contributed by atoms with E-state index in [9.17, 15) is 14.4 Å². The Bertz CT molecular complexity index is 268. The lowest BCUT2D eigenvalue weighted by Gasteiger charge is -2.25. The maximum atomic E-state index is 10.9. The quantitative estimate of drug-likeness (QED) is 0.410. The normalized spacial score (nSPS) is 11.1. The van der Waals surface area contributed by atoms with Gasteiger partial charge in [-0.25, -0.2) is 4.79 Å². The molecule has 4 N–H and O–H groups in total. The molecule has 16 heavy (non-hydrogen) atoms. The van der Waals surface area contributed by atoms with E-state index in [4.69, 9.17) is 20.4 Å². The lowest BCUT2D eigenvalue weighted by Crippen LogP contribution is -2.46. The Hall–Kier alpha value is -1.67. The van der Waals surface area contributed by atoms with E-state index in [1.165, 1.54) is 0 Å². The van der Waals surface area contributed by atoms with Gasteiger partial charge in [0.15, 0.2) is 5.60 Å². The molecule has 0 bridgehead atoms. The Kier molecular flexibility index (Phi) is 5.40. The van der Waals surface area contributed by atoms with Crippen LogP contribution in [0.15, 0.2) is 0 Å². The number of ether oxygens (including phenoxy) is 1. The van der Waals surface area contributed by atoms with Crippen molar-refractivity contribution in [1.82, 2.24) is 0 Å². The maximum absolute atomic E-state index is 10.9. The zero-order valence-electron chi connectivity index (χ0n) is 8.25. The molecule has 0 heterocycles. The lowest BCUT2D eigenvalue weighted by atomic mass is 9.95. The Morgan fingerprint density at radius 1 is 1.00 bits per heavy atom. The summed E-state index contributed by atoms with van der Waals surface area (Å²) in [5.41, 5.74) is -2.35. The molecule has 0 saturated carbocycles. The number of rotatable bonds is 8. The number of carbonyl (C=O) groups is 3. The summed E-state index contributed by atoms with van der Waals surface area (Å²) in [5, 5.41) is 34.3. The van der Waals surface area contributed by atoms with Gasteiger partial charge >= 0.3 is 17.9 Å². The summed E-state index contributed by atoms with van der Waals surface area (Å²) in [7, 11) is 0. The van der Waals surface area contributed by atoms with Gasteiger partial charge < -0.3 is 25.2 Å². The van der Waals surface area contributed by atoms with Gasteiger partial charge in [0.05, 0.1) is 26.1 Å². The molecule has 0 aromatic rings. The van der Waals surface area contributed by atoms with Crippen LogP contribution in [0.25, 0.3) is 0 Å². The number of aliphatic hydroxyl groups is 1. The van der Waals surface area contributed by atoms with Crippen LogP contribution in [0.1, 0.15) is 12.8 Å². The average Bonchev–Trinajstić information content (AvgIpc) is 2.11. The first-order valence-corrected chi connectivity index (χ1v) is 4.26. The SMILES string of the molecule is O=C(O)CC(CC(=O)O)(OCCO)C(=O)O. The molecule has 0 radical (unpaired) electrons. The van der Waals surface area contributed by atoms with Crippen molar-refractivity contribution in [2.75, 3.05) is 13.2 Å². The molecule has 0 aliphatic carbocycles. The molecule has 0 aliphatic heterocycles. The molecule has 0 spiro atoms. The van der Waals surface area contributed by atoms with Crippen molar-refractivity contribution >= 4 is 17.9 Å². The van der Waals surface area contributed by atoms with Crippen LogP contribution < -0.4 is 0 Å². The van der Waals surface area contributed by atoms with Gasteiger partial charge in [0, 0.05) is 0 Å². The molecule has 8 heteroatoms. The molecule has 0 aliphatic rings. The molecule has 0 saturated heterocycles. The third-order valence-corrected chi connectivity index (χ3v) is 1.73. The van der Waals surface area contributed by atoms with E-state index in [1.807, 2.05) is 0 Å². The summed E-state index contributed by atoms with van der Waals surface area (Å²) < 4.78 is 4.65. The maximum Gasteiger partial charge on any atom is 0.337 e. The number of aliphatic hydroxyl groups excluding tert-OH is 1. The number of hydrogen-bond acceptors (Lipinski definition) is 5. The van der Waals surface area contributed by atoms with E-state index in [-0.39, 0.29) is 0 Å². The minimum Gasteiger partial charge on any atom is -0.481 e. The summed E-state index contributed by atoms with van der Waals surface area (Å²) in [6.45, 7) is -0.985. The van der Waals surface area contributed by atoms with Gasteiger partial charge in [-0.1, -0.05) is 0 Å². The first-order valence-electron chi connectivity index (χ1n) is 4.26. The first-order chi connectivity index (χ1) is 7.34. The van der Waals surface area contributed by atoms with Crippen LogP contribution in [0.4, 0.5) is 0 Å². The molecule has 0 fully saturated rings. The average molecular weight is 236 g/mol. The monoisotopic (exact) mass is 236 g/mol. The molecule has 0 atom stereocenters. The van der Waals surface area contributed by atoms with Crippen molar-refractivity contribution in [3.63, 3.8) is 0 Å². The second-order valence-corrected chi connectivity index (χ2v) is 3.01. The largest absolute Gasteiger partial charge is 0.481 e. The van der Waals surface area contributed by atoms with Gasteiger partial charge in [-0.05, 0) is 0 Å². The second-order valence-electron chi connectivity index (χ2n) is 3.01. The molecule has 0 aromatic heterocycles. The van der Waals surface area contributed by atoms with Crippen LogP contribution in [0.5, 0.6) is 0 Å². The Morgan fingerprint density at radius 2 is 1.44 bits per heavy atom. The topological polar surface area (TPSA) is 141 Å². The van der Waals surface area contributed by atoms with E-state index in [2.05, 4.69) is 4.74 Å². The van der Waals surface area contributed by atoms with Crippen LogP contribution in [-0.2, 0) is 19.1 Å². The number of carboxylic acids is 3. The number of aliphatic carboxylic acids is 3. The van der Waals surface area contributed by atoms with Crippen molar-refractivity contribution in [3.05, 3.63) is 0 Å². The Morgan fingerprint density at radius 3 is 1.69 bits per heavy atom. The summed E-state index contributed by atoms with van der Waals surface area (Å²) in [6.07, 6.45) is -1.98. The van der Waals surface area contributed by atoms with E-state index < -0.39 is 49.6 Å². The van der Waals surface area contributed by atoms with Crippen molar-refractivity contribution in [2.45, 2.75) is 18.4 Å². The first kappa shape index (κ1) is 14.3. The van der Waals surface area contributed by atoms with E-state index in [0.29, 0.717) is 0 Å². The van der Waals surface area contributed by atoms with Gasteiger partial charge in [0.25, 0.3) is 0 Å². The Labute approximate surface area is 90.1 Å². The summed E-state index contributed by atoms with van der Waals surface area (Å²) in [6, 6.07) is 0. The predicted octanol–water partition coefficient (Wildman–Crippen LogP) is -1.23. The van der Waals surface area contributed by atoms with E-state index in [1.54, 1.807) is 0 Å². The van der Waals surface area contributed by atoms with Crippen molar-refractivity contribution in [3.8, 4) is 0 Å². The zero-order valence-corrected chi connectivity index (χ0v) is 8.25. The van der Waals surface area contributed by atoms with Gasteiger partial charge in [0.2, 0.25) is 0 Å². The molecule has 92 valence electrons. The number of hydrogen-bond donors (Lipinski definition) is 4. The fourth-order valence-electron chi connectivity index (χ4n) is 1.11. The smallest absolute Gasteiger partial charge is 0.337 e. The van der Waals surface area contributed by atoms with Crippen LogP contribution in [0.2, 0.25) is 0 Å². The molecular formula is C8H12O8. The third kappa shape index (κ3) is 4.24. The van der Waals surface area contributed by atoms with Gasteiger partial charge in [0.1, 0.15) is 0 Å². The highest BCUT2D eigenvalue weighted by Crippen LogP contribution is 2.21. The van der Waals surface area contributed by atoms with Crippen LogP contribution in [0, 0.1) is 0 Å². The molecule has 0 aromatic carbocycles. The van der Waals surface area contributed by atoms with E-state index in [0.717, 1.165) is 0 Å². The summed E-state index contributed by atoms with van der Waals surface area (Å²) in [5.74, 6) is -4.69. The minimum atomic E-state index is -2.35. The van der Waals surface area contributed by atoms with Crippen LogP contribution in [-0.4, -0.2) is 57.1 Å². The van der Waals surface area contributed by atoms with Gasteiger partial charge in [-0.2, -0.15) is 0 Å². The second kappa shape index (κ2) is 6.03. The predicted molar refractivity (Wildman–Crippen MR) is 47.9 cm³/mol. The summed E-state index contributed by atoms with van der Waals surface area (Å²) >= 11 is 0. The Balaban J connectivity index is 4.95. The van der Waals surface area contributed by atoms with Crippen molar-refractivity contribution in [1.29, 1.82) is 0 Å². The van der Waals surface area contributed by atoms with Crippen LogP contribution in [0.3, 0.4) is 0 Å².